The highest BCUT2D eigenvalue weighted by molar-refractivity contribution is 7.98. The molecule has 4 heterocycles. The van der Waals surface area contributed by atoms with Crippen LogP contribution in [0, 0.1) is 0 Å². The minimum Gasteiger partial charge on any atom is -0.338 e. The summed E-state index contributed by atoms with van der Waals surface area (Å²) in [5.41, 5.74) is 0.983. The molecular formula is C17H14N6OS2. The fraction of sp³-hybridized carbons (Fsp3) is 0.235. The van der Waals surface area contributed by atoms with Crippen molar-refractivity contribution in [1.29, 1.82) is 0 Å². The zero-order chi connectivity index (χ0) is 17.3. The fourth-order valence-electron chi connectivity index (χ4n) is 2.67. The second-order valence-corrected chi connectivity index (χ2v) is 7.82. The Morgan fingerprint density at radius 2 is 2.19 bits per heavy atom. The van der Waals surface area contributed by atoms with Gasteiger partial charge in [-0.1, -0.05) is 23.0 Å². The fourth-order valence-corrected chi connectivity index (χ4v) is 4.17. The van der Waals surface area contributed by atoms with Crippen LogP contribution in [0.2, 0.25) is 0 Å². The molecule has 0 bridgehead atoms. The molecule has 0 amide bonds. The maximum atomic E-state index is 5.37. The molecule has 130 valence electrons. The van der Waals surface area contributed by atoms with Gasteiger partial charge in [-0.2, -0.15) is 4.98 Å². The van der Waals surface area contributed by atoms with Crippen molar-refractivity contribution < 1.29 is 4.52 Å². The molecule has 0 spiro atoms. The van der Waals surface area contributed by atoms with E-state index in [1.165, 1.54) is 0 Å². The van der Waals surface area contributed by atoms with E-state index in [4.69, 9.17) is 4.52 Å². The first-order chi connectivity index (χ1) is 12.9. The Kier molecular flexibility index (Phi) is 4.02. The van der Waals surface area contributed by atoms with E-state index in [2.05, 4.69) is 29.9 Å². The Bertz CT molecular complexity index is 1010. The van der Waals surface area contributed by atoms with Crippen molar-refractivity contribution in [3.8, 4) is 22.1 Å². The van der Waals surface area contributed by atoms with Crippen LogP contribution >= 0.6 is 23.1 Å². The third kappa shape index (κ3) is 3.04. The molecule has 1 aliphatic rings. The van der Waals surface area contributed by atoms with Gasteiger partial charge in [-0.3, -0.25) is 9.55 Å². The van der Waals surface area contributed by atoms with Crippen molar-refractivity contribution in [2.24, 2.45) is 0 Å². The SMILES string of the molecule is c1cncc(-c2nnc(SCc3nc(-c4cccs4)no3)n2C2CC2)c1. The van der Waals surface area contributed by atoms with E-state index in [0.29, 0.717) is 23.5 Å². The summed E-state index contributed by atoms with van der Waals surface area (Å²) in [5.74, 6) is 2.66. The van der Waals surface area contributed by atoms with Gasteiger partial charge < -0.3 is 4.52 Å². The minimum atomic E-state index is 0.465. The summed E-state index contributed by atoms with van der Waals surface area (Å²) in [6, 6.07) is 8.35. The summed E-state index contributed by atoms with van der Waals surface area (Å²) in [6.45, 7) is 0. The van der Waals surface area contributed by atoms with E-state index in [0.717, 1.165) is 34.3 Å². The molecule has 0 saturated heterocycles. The lowest BCUT2D eigenvalue weighted by atomic mass is 10.3. The first-order valence-corrected chi connectivity index (χ1v) is 10.1. The molecule has 26 heavy (non-hydrogen) atoms. The molecule has 5 rings (SSSR count). The van der Waals surface area contributed by atoms with E-state index in [-0.39, 0.29) is 0 Å². The molecule has 0 aliphatic heterocycles. The Labute approximate surface area is 157 Å². The second-order valence-electron chi connectivity index (χ2n) is 5.93. The maximum absolute atomic E-state index is 5.37. The molecule has 1 aliphatic carbocycles. The summed E-state index contributed by atoms with van der Waals surface area (Å²) in [7, 11) is 0. The van der Waals surface area contributed by atoms with Crippen molar-refractivity contribution in [1.82, 2.24) is 29.9 Å². The highest BCUT2D eigenvalue weighted by atomic mass is 32.2. The predicted molar refractivity (Wildman–Crippen MR) is 98.7 cm³/mol. The summed E-state index contributed by atoms with van der Waals surface area (Å²) in [5, 5.41) is 15.7. The van der Waals surface area contributed by atoms with Gasteiger partial charge in [0.2, 0.25) is 11.7 Å². The van der Waals surface area contributed by atoms with E-state index in [1.54, 1.807) is 29.3 Å². The smallest absolute Gasteiger partial charge is 0.237 e. The number of thiophene rings is 1. The molecule has 0 aromatic carbocycles. The predicted octanol–water partition coefficient (Wildman–Crippen LogP) is 4.08. The van der Waals surface area contributed by atoms with Crippen LogP contribution in [-0.4, -0.2) is 29.9 Å². The number of rotatable bonds is 6. The van der Waals surface area contributed by atoms with Gasteiger partial charge in [-0.15, -0.1) is 21.5 Å². The average molecular weight is 382 g/mol. The maximum Gasteiger partial charge on any atom is 0.237 e. The van der Waals surface area contributed by atoms with Crippen LogP contribution in [0.3, 0.4) is 0 Å². The Morgan fingerprint density at radius 1 is 1.23 bits per heavy atom. The van der Waals surface area contributed by atoms with Crippen LogP contribution in [0.5, 0.6) is 0 Å². The summed E-state index contributed by atoms with van der Waals surface area (Å²) >= 11 is 3.17. The molecule has 0 N–H and O–H groups in total. The zero-order valence-electron chi connectivity index (χ0n) is 13.6. The van der Waals surface area contributed by atoms with E-state index in [9.17, 15) is 0 Å². The molecule has 1 fully saturated rings. The van der Waals surface area contributed by atoms with Crippen LogP contribution in [0.4, 0.5) is 0 Å². The van der Waals surface area contributed by atoms with Gasteiger partial charge in [-0.05, 0) is 36.4 Å². The van der Waals surface area contributed by atoms with Gasteiger partial charge in [0.15, 0.2) is 11.0 Å². The summed E-state index contributed by atoms with van der Waals surface area (Å²) in [4.78, 5) is 9.66. The van der Waals surface area contributed by atoms with Crippen molar-refractivity contribution in [3.05, 3.63) is 47.9 Å². The normalized spacial score (nSPS) is 14.0. The molecular weight excluding hydrogens is 368 g/mol. The lowest BCUT2D eigenvalue weighted by Gasteiger charge is -2.07. The Morgan fingerprint density at radius 3 is 2.96 bits per heavy atom. The van der Waals surface area contributed by atoms with Gasteiger partial charge in [-0.25, -0.2) is 0 Å². The van der Waals surface area contributed by atoms with Gasteiger partial charge in [0.05, 0.1) is 10.6 Å². The molecule has 0 radical (unpaired) electrons. The quantitative estimate of drug-likeness (QED) is 0.465. The van der Waals surface area contributed by atoms with Gasteiger partial charge in [0, 0.05) is 24.0 Å². The van der Waals surface area contributed by atoms with Crippen LogP contribution < -0.4 is 0 Å². The van der Waals surface area contributed by atoms with Crippen molar-refractivity contribution in [2.45, 2.75) is 29.8 Å². The first kappa shape index (κ1) is 15.7. The number of pyridine rings is 1. The summed E-state index contributed by atoms with van der Waals surface area (Å²) in [6.07, 6.45) is 5.89. The highest BCUT2D eigenvalue weighted by Gasteiger charge is 2.30. The Hall–Kier alpha value is -2.52. The number of hydrogen-bond acceptors (Lipinski definition) is 8. The highest BCUT2D eigenvalue weighted by Crippen LogP contribution is 2.41. The minimum absolute atomic E-state index is 0.465. The monoisotopic (exact) mass is 382 g/mol. The van der Waals surface area contributed by atoms with Crippen LogP contribution in [0.25, 0.3) is 22.1 Å². The van der Waals surface area contributed by atoms with Crippen LogP contribution in [0.15, 0.2) is 51.7 Å². The van der Waals surface area contributed by atoms with Gasteiger partial charge >= 0.3 is 0 Å². The first-order valence-electron chi connectivity index (χ1n) is 8.23. The van der Waals surface area contributed by atoms with Crippen molar-refractivity contribution >= 4 is 23.1 Å². The largest absolute Gasteiger partial charge is 0.338 e. The average Bonchev–Trinajstić information content (AvgIpc) is 3.10. The Balaban J connectivity index is 1.37. The third-order valence-corrected chi connectivity index (χ3v) is 5.82. The third-order valence-electron chi connectivity index (χ3n) is 4.03. The molecule has 4 aromatic rings. The van der Waals surface area contributed by atoms with Gasteiger partial charge in [0.1, 0.15) is 0 Å². The standard InChI is InChI=1S/C17H14N6OS2/c1-3-11(9-18-7-1)16-20-21-17(23(16)12-5-6-12)26-10-14-19-15(22-24-14)13-4-2-8-25-13/h1-4,7-9,12H,5-6,10H2. The lowest BCUT2D eigenvalue weighted by Crippen LogP contribution is -2.00. The van der Waals surface area contributed by atoms with E-state index in [1.807, 2.05) is 35.8 Å². The molecule has 0 unspecified atom stereocenters. The number of aromatic nitrogens is 6. The van der Waals surface area contributed by atoms with E-state index < -0.39 is 0 Å². The van der Waals surface area contributed by atoms with E-state index >= 15 is 0 Å². The van der Waals surface area contributed by atoms with Gasteiger partial charge in [0.25, 0.3) is 0 Å². The number of thioether (sulfide) groups is 1. The van der Waals surface area contributed by atoms with Crippen LogP contribution in [-0.2, 0) is 5.75 Å². The number of nitrogens with zero attached hydrogens (tertiary/aromatic N) is 6. The second kappa shape index (κ2) is 6.65. The summed E-state index contributed by atoms with van der Waals surface area (Å²) < 4.78 is 7.58. The molecule has 4 aromatic heterocycles. The molecule has 0 atom stereocenters. The van der Waals surface area contributed by atoms with Crippen molar-refractivity contribution in [3.63, 3.8) is 0 Å². The topological polar surface area (TPSA) is 82.5 Å². The molecule has 7 nitrogen and oxygen atoms in total. The van der Waals surface area contributed by atoms with Crippen molar-refractivity contribution in [2.75, 3.05) is 0 Å². The zero-order valence-corrected chi connectivity index (χ0v) is 15.3. The lowest BCUT2D eigenvalue weighted by molar-refractivity contribution is 0.391. The molecule has 1 saturated carbocycles. The number of hydrogen-bond donors (Lipinski definition) is 0. The van der Waals surface area contributed by atoms with Crippen LogP contribution in [0.1, 0.15) is 24.8 Å². The molecule has 9 heteroatoms.